The van der Waals surface area contributed by atoms with Crippen LogP contribution in [-0.2, 0) is 4.74 Å². The minimum absolute atomic E-state index is 0.106. The molecular formula is C13H20BrN5O2. The Morgan fingerprint density at radius 1 is 1.48 bits per heavy atom. The van der Waals surface area contributed by atoms with Crippen LogP contribution in [-0.4, -0.2) is 50.9 Å². The van der Waals surface area contributed by atoms with Crippen LogP contribution in [0.2, 0.25) is 0 Å². The van der Waals surface area contributed by atoms with E-state index in [4.69, 9.17) is 4.74 Å². The van der Waals surface area contributed by atoms with E-state index in [0.29, 0.717) is 23.6 Å². The Morgan fingerprint density at radius 3 is 2.86 bits per heavy atom. The van der Waals surface area contributed by atoms with Crippen molar-refractivity contribution in [3.8, 4) is 0 Å². The highest BCUT2D eigenvalue weighted by Crippen LogP contribution is 2.17. The Bertz CT molecular complexity index is 488. The summed E-state index contributed by atoms with van der Waals surface area (Å²) in [4.78, 5) is 17.9. The third-order valence-corrected chi connectivity index (χ3v) is 3.30. The number of amides is 1. The molecule has 116 valence electrons. The highest BCUT2D eigenvalue weighted by molar-refractivity contribution is 9.10. The predicted octanol–water partition coefficient (Wildman–Crippen LogP) is 2.45. The third kappa shape index (κ3) is 5.11. The molecule has 1 N–H and O–H groups in total. The zero-order valence-electron chi connectivity index (χ0n) is 12.5. The molecule has 1 aromatic rings. The van der Waals surface area contributed by atoms with Gasteiger partial charge in [-0.2, -0.15) is 0 Å². The van der Waals surface area contributed by atoms with Gasteiger partial charge in [0, 0.05) is 19.1 Å². The minimum atomic E-state index is -0.476. The molecule has 1 aliphatic rings. The van der Waals surface area contributed by atoms with Crippen LogP contribution in [0.1, 0.15) is 33.6 Å². The lowest BCUT2D eigenvalue weighted by Gasteiger charge is -2.34. The molecule has 1 amide bonds. The Labute approximate surface area is 132 Å². The van der Waals surface area contributed by atoms with Crippen LogP contribution in [0.25, 0.3) is 0 Å². The van der Waals surface area contributed by atoms with Crippen LogP contribution >= 0.6 is 15.9 Å². The van der Waals surface area contributed by atoms with E-state index in [-0.39, 0.29) is 12.1 Å². The summed E-state index contributed by atoms with van der Waals surface area (Å²) < 4.78 is 5.99. The van der Waals surface area contributed by atoms with E-state index in [9.17, 15) is 4.79 Å². The van der Waals surface area contributed by atoms with E-state index < -0.39 is 5.60 Å². The van der Waals surface area contributed by atoms with Gasteiger partial charge in [-0.25, -0.2) is 9.78 Å². The van der Waals surface area contributed by atoms with Gasteiger partial charge in [-0.3, -0.25) is 0 Å². The van der Waals surface area contributed by atoms with E-state index in [0.717, 1.165) is 12.8 Å². The van der Waals surface area contributed by atoms with Crippen molar-refractivity contribution in [2.45, 2.75) is 45.3 Å². The van der Waals surface area contributed by atoms with E-state index >= 15 is 0 Å². The molecule has 2 heterocycles. The van der Waals surface area contributed by atoms with Crippen LogP contribution in [0.3, 0.4) is 0 Å². The van der Waals surface area contributed by atoms with Crippen LogP contribution in [0.5, 0.6) is 0 Å². The molecule has 8 heteroatoms. The third-order valence-electron chi connectivity index (χ3n) is 2.94. The number of carbonyl (C=O) groups is 1. The van der Waals surface area contributed by atoms with Crippen molar-refractivity contribution >= 4 is 28.0 Å². The smallest absolute Gasteiger partial charge is 0.410 e. The second kappa shape index (κ2) is 6.55. The molecule has 1 aliphatic heterocycles. The van der Waals surface area contributed by atoms with Crippen LogP contribution in [0.4, 0.5) is 10.7 Å². The number of rotatable bonds is 2. The lowest BCUT2D eigenvalue weighted by atomic mass is 10.1. The van der Waals surface area contributed by atoms with Crippen LogP contribution < -0.4 is 5.32 Å². The molecule has 1 aromatic heterocycles. The summed E-state index contributed by atoms with van der Waals surface area (Å²) in [5.74, 6) is 0.467. The number of nitrogens with zero attached hydrogens (tertiary/aromatic N) is 4. The van der Waals surface area contributed by atoms with Gasteiger partial charge in [-0.05, 0) is 49.5 Å². The summed E-state index contributed by atoms with van der Waals surface area (Å²) in [6.07, 6.45) is 3.19. The van der Waals surface area contributed by atoms with Gasteiger partial charge in [0.05, 0.1) is 6.20 Å². The topological polar surface area (TPSA) is 80.2 Å². The normalized spacial score (nSPS) is 19.2. The first-order valence-corrected chi connectivity index (χ1v) is 7.72. The number of ether oxygens (including phenoxy) is 1. The molecule has 1 saturated heterocycles. The minimum Gasteiger partial charge on any atom is -0.444 e. The summed E-state index contributed by atoms with van der Waals surface area (Å²) in [7, 11) is 0. The van der Waals surface area contributed by atoms with Crippen molar-refractivity contribution in [3.05, 3.63) is 10.8 Å². The lowest BCUT2D eigenvalue weighted by molar-refractivity contribution is 0.0206. The second-order valence-electron chi connectivity index (χ2n) is 6.01. The van der Waals surface area contributed by atoms with E-state index in [2.05, 4.69) is 36.4 Å². The summed E-state index contributed by atoms with van der Waals surface area (Å²) in [6, 6.07) is 0.106. The fourth-order valence-corrected chi connectivity index (χ4v) is 2.28. The quantitative estimate of drug-likeness (QED) is 0.875. The van der Waals surface area contributed by atoms with Gasteiger partial charge in [0.15, 0.2) is 0 Å². The van der Waals surface area contributed by atoms with Gasteiger partial charge in [0.1, 0.15) is 10.2 Å². The molecule has 21 heavy (non-hydrogen) atoms. The number of likely N-dealkylation sites (tertiary alicyclic amines) is 1. The maximum absolute atomic E-state index is 12.1. The Morgan fingerprint density at radius 2 is 2.24 bits per heavy atom. The molecule has 0 aliphatic carbocycles. The fourth-order valence-electron chi connectivity index (χ4n) is 2.10. The molecule has 1 fully saturated rings. The van der Waals surface area contributed by atoms with Crippen molar-refractivity contribution in [2.24, 2.45) is 0 Å². The van der Waals surface area contributed by atoms with Gasteiger partial charge in [0.25, 0.3) is 0 Å². The number of hydrogen-bond acceptors (Lipinski definition) is 6. The van der Waals surface area contributed by atoms with Crippen molar-refractivity contribution < 1.29 is 9.53 Å². The predicted molar refractivity (Wildman–Crippen MR) is 82.0 cm³/mol. The van der Waals surface area contributed by atoms with Gasteiger partial charge in [0.2, 0.25) is 5.95 Å². The first kappa shape index (κ1) is 15.9. The van der Waals surface area contributed by atoms with Crippen LogP contribution in [0, 0.1) is 0 Å². The van der Waals surface area contributed by atoms with Crippen molar-refractivity contribution in [2.75, 3.05) is 18.4 Å². The number of hydrogen-bond donors (Lipinski definition) is 1. The molecule has 0 saturated carbocycles. The number of nitrogens with one attached hydrogen (secondary N) is 1. The highest BCUT2D eigenvalue weighted by atomic mass is 79.9. The van der Waals surface area contributed by atoms with E-state index in [1.165, 1.54) is 0 Å². The van der Waals surface area contributed by atoms with Crippen LogP contribution in [0.15, 0.2) is 10.8 Å². The molecule has 0 bridgehead atoms. The summed E-state index contributed by atoms with van der Waals surface area (Å²) in [5, 5.41) is 11.0. The average molecular weight is 358 g/mol. The fraction of sp³-hybridized carbons (Fsp3) is 0.692. The lowest BCUT2D eigenvalue weighted by Crippen LogP contribution is -2.47. The molecule has 0 radical (unpaired) electrons. The summed E-state index contributed by atoms with van der Waals surface area (Å²) in [5.41, 5.74) is -0.476. The van der Waals surface area contributed by atoms with E-state index in [1.54, 1.807) is 11.1 Å². The maximum atomic E-state index is 12.1. The number of carbonyl (C=O) groups excluding carboxylic acids is 1. The maximum Gasteiger partial charge on any atom is 0.410 e. The highest BCUT2D eigenvalue weighted by Gasteiger charge is 2.27. The summed E-state index contributed by atoms with van der Waals surface area (Å²) >= 11 is 3.19. The monoisotopic (exact) mass is 357 g/mol. The number of anilines is 1. The van der Waals surface area contributed by atoms with Crippen molar-refractivity contribution in [1.29, 1.82) is 0 Å². The Balaban J connectivity index is 1.91. The molecule has 7 nitrogen and oxygen atoms in total. The van der Waals surface area contributed by atoms with Gasteiger partial charge in [-0.1, -0.05) is 0 Å². The average Bonchev–Trinajstić information content (AvgIpc) is 2.40. The Kier molecular flexibility index (Phi) is 4.97. The number of aromatic nitrogens is 3. The van der Waals surface area contributed by atoms with Crippen molar-refractivity contribution in [1.82, 2.24) is 20.1 Å². The van der Waals surface area contributed by atoms with Crippen molar-refractivity contribution in [3.63, 3.8) is 0 Å². The molecular weight excluding hydrogens is 338 g/mol. The molecule has 1 atom stereocenters. The Hall–Kier alpha value is -1.44. The second-order valence-corrected chi connectivity index (χ2v) is 6.83. The van der Waals surface area contributed by atoms with Gasteiger partial charge >= 0.3 is 6.09 Å². The van der Waals surface area contributed by atoms with Gasteiger partial charge in [-0.15, -0.1) is 10.2 Å². The standard InChI is InChI=1S/C13H20BrN5O2/c1-13(2,3)21-12(20)19-6-4-5-9(8-19)16-11-15-7-10(14)17-18-11/h7,9H,4-6,8H2,1-3H3,(H,15,16,18). The molecule has 1 unspecified atom stereocenters. The zero-order valence-corrected chi connectivity index (χ0v) is 14.1. The molecule has 2 rings (SSSR count). The first-order chi connectivity index (χ1) is 9.83. The molecule has 0 aromatic carbocycles. The number of piperidine rings is 1. The first-order valence-electron chi connectivity index (χ1n) is 6.93. The largest absolute Gasteiger partial charge is 0.444 e. The summed E-state index contributed by atoms with van der Waals surface area (Å²) in [6.45, 7) is 6.89. The molecule has 0 spiro atoms. The number of halogens is 1. The SMILES string of the molecule is CC(C)(C)OC(=O)N1CCCC(Nc2ncc(Br)nn2)C1. The zero-order chi connectivity index (χ0) is 15.5. The van der Waals surface area contributed by atoms with Gasteiger partial charge < -0.3 is 15.0 Å². The van der Waals surface area contributed by atoms with E-state index in [1.807, 2.05) is 20.8 Å².